The van der Waals surface area contributed by atoms with Crippen LogP contribution in [0, 0.1) is 6.92 Å². The Morgan fingerprint density at radius 3 is 2.45 bits per heavy atom. The zero-order chi connectivity index (χ0) is 37.8. The third-order valence-corrected chi connectivity index (χ3v) is 9.78. The number of carbonyl (C=O) groups excluding carboxylic acids is 2. The molecule has 5 heterocycles. The van der Waals surface area contributed by atoms with E-state index in [9.17, 15) is 32.7 Å². The number of fused-ring (bicyclic) bond motifs is 2. The second-order valence-electron chi connectivity index (χ2n) is 13.0. The lowest BCUT2D eigenvalue weighted by Gasteiger charge is -2.36. The van der Waals surface area contributed by atoms with E-state index in [1.165, 1.54) is 16.8 Å². The van der Waals surface area contributed by atoms with Gasteiger partial charge in [0.2, 0.25) is 11.7 Å². The normalized spacial score (nSPS) is 14.9. The third kappa shape index (κ3) is 6.77. The first-order valence-corrected chi connectivity index (χ1v) is 17.2. The zero-order valence-electron chi connectivity index (χ0n) is 28.9. The summed E-state index contributed by atoms with van der Waals surface area (Å²) in [6.07, 6.45) is -3.12. The van der Waals surface area contributed by atoms with Crippen molar-refractivity contribution in [3.63, 3.8) is 0 Å². The molecule has 2 aromatic carbocycles. The summed E-state index contributed by atoms with van der Waals surface area (Å²) in [6.45, 7) is 5.41. The molecule has 0 atom stereocenters. The van der Waals surface area contributed by atoms with Crippen molar-refractivity contribution in [2.45, 2.75) is 46.1 Å². The molecule has 2 amide bonds. The highest BCUT2D eigenvalue weighted by molar-refractivity contribution is 6.33. The average molecular weight is 751 g/mol. The molecule has 0 bridgehead atoms. The van der Waals surface area contributed by atoms with Gasteiger partial charge in [-0.3, -0.25) is 19.3 Å². The molecule has 14 nitrogen and oxygen atoms in total. The number of nitrogens with zero attached hydrogens (tertiary/aromatic N) is 9. The molecule has 3 aromatic heterocycles. The van der Waals surface area contributed by atoms with Crippen LogP contribution in [0.25, 0.3) is 17.2 Å². The summed E-state index contributed by atoms with van der Waals surface area (Å²) < 4.78 is 42.5. The fourth-order valence-electron chi connectivity index (χ4n) is 6.79. The maximum absolute atomic E-state index is 14.3. The molecule has 1 saturated heterocycles. The highest BCUT2D eigenvalue weighted by Gasteiger charge is 2.32. The van der Waals surface area contributed by atoms with E-state index in [0.717, 1.165) is 41.4 Å². The summed E-state index contributed by atoms with van der Waals surface area (Å²) in [5.41, 5.74) is 2.42. The Balaban J connectivity index is 1.25. The van der Waals surface area contributed by atoms with Gasteiger partial charge >= 0.3 is 6.18 Å². The number of aryl methyl sites for hydroxylation is 1. The molecule has 1 fully saturated rings. The van der Waals surface area contributed by atoms with Crippen LogP contribution in [0.2, 0.25) is 5.02 Å². The summed E-state index contributed by atoms with van der Waals surface area (Å²) in [5, 5.41) is 17.3. The van der Waals surface area contributed by atoms with Crippen molar-refractivity contribution in [2.24, 2.45) is 0 Å². The fourth-order valence-corrected chi connectivity index (χ4v) is 7.02. The fraction of sp³-hybridized carbons (Fsp3) is 0.343. The minimum absolute atomic E-state index is 0.0176. The van der Waals surface area contributed by atoms with Crippen LogP contribution in [0.15, 0.2) is 47.5 Å². The van der Waals surface area contributed by atoms with Gasteiger partial charge in [-0.2, -0.15) is 22.7 Å². The number of benzene rings is 2. The minimum atomic E-state index is -4.62. The number of hydrogen-bond donors (Lipinski definition) is 2. The lowest BCUT2D eigenvalue weighted by atomic mass is 10.1. The van der Waals surface area contributed by atoms with E-state index in [-0.39, 0.29) is 84.3 Å². The van der Waals surface area contributed by atoms with Crippen LogP contribution in [0.3, 0.4) is 0 Å². The van der Waals surface area contributed by atoms with Gasteiger partial charge in [0, 0.05) is 44.8 Å². The van der Waals surface area contributed by atoms with Gasteiger partial charge in [-0.05, 0) is 55.8 Å². The number of anilines is 2. The monoisotopic (exact) mass is 750 g/mol. The van der Waals surface area contributed by atoms with Crippen molar-refractivity contribution >= 4 is 40.6 Å². The van der Waals surface area contributed by atoms with E-state index in [1.807, 2.05) is 37.1 Å². The minimum Gasteiger partial charge on any atom is -0.504 e. The van der Waals surface area contributed by atoms with Crippen molar-refractivity contribution in [2.75, 3.05) is 43.4 Å². The summed E-state index contributed by atoms with van der Waals surface area (Å²) in [7, 11) is 2.02. The van der Waals surface area contributed by atoms with Gasteiger partial charge < -0.3 is 24.8 Å². The predicted octanol–water partition coefficient (Wildman–Crippen LogP) is 4.14. The Bertz CT molecular complexity index is 2340. The molecule has 5 aromatic rings. The van der Waals surface area contributed by atoms with Crippen LogP contribution >= 0.6 is 11.6 Å². The molecule has 18 heteroatoms. The SMILES string of the molecule is CCc1c(N2CCN(C(=O)c3ncnc(C)c3O)CC2)c(=O)n2nc(-c3ccc4c(c3)CN(C)C4)nc2n1CC(=O)Nc1ccc(C(F)(F)F)cc1Cl. The number of hydrogen-bond acceptors (Lipinski definition) is 10. The Morgan fingerprint density at radius 2 is 1.75 bits per heavy atom. The second kappa shape index (κ2) is 13.8. The van der Waals surface area contributed by atoms with Crippen LogP contribution in [-0.4, -0.2) is 89.1 Å². The predicted molar refractivity (Wildman–Crippen MR) is 189 cm³/mol. The summed E-state index contributed by atoms with van der Waals surface area (Å²) in [6, 6.07) is 8.51. The van der Waals surface area contributed by atoms with Crippen LogP contribution in [0.5, 0.6) is 5.75 Å². The summed E-state index contributed by atoms with van der Waals surface area (Å²) >= 11 is 6.15. The van der Waals surface area contributed by atoms with E-state index < -0.39 is 29.1 Å². The summed E-state index contributed by atoms with van der Waals surface area (Å²) in [5.74, 6) is -1.03. The number of aromatic hydroxyl groups is 1. The zero-order valence-corrected chi connectivity index (χ0v) is 29.7. The topological polar surface area (TPSA) is 154 Å². The van der Waals surface area contributed by atoms with E-state index in [0.29, 0.717) is 11.3 Å². The van der Waals surface area contributed by atoms with Crippen LogP contribution in [-0.2, 0) is 37.0 Å². The summed E-state index contributed by atoms with van der Waals surface area (Å²) in [4.78, 5) is 59.4. The van der Waals surface area contributed by atoms with Crippen molar-refractivity contribution in [3.8, 4) is 17.1 Å². The first-order valence-electron chi connectivity index (χ1n) is 16.8. The lowest BCUT2D eigenvalue weighted by Crippen LogP contribution is -2.51. The standard InChI is InChI=1S/C35H34ClF3N10O4/c1-4-26-29(46-9-11-47(12-10-46)32(52)28-30(51)19(2)40-18-41-28)33(53)49-34(43-31(44-49)20-5-6-21-15-45(3)16-22(21)13-20)48(26)17-27(50)42-25-8-7-23(14-24(25)36)35(37,38)39/h5-8,13-14,18,51H,4,9-12,15-17H2,1-3H3,(H,42,50). The number of rotatable bonds is 7. The van der Waals surface area contributed by atoms with Gasteiger partial charge in [0.25, 0.3) is 11.5 Å². The van der Waals surface area contributed by atoms with Crippen molar-refractivity contribution in [1.29, 1.82) is 0 Å². The first kappa shape index (κ1) is 35.8. The number of amides is 2. The van der Waals surface area contributed by atoms with Crippen LogP contribution < -0.4 is 15.8 Å². The largest absolute Gasteiger partial charge is 0.504 e. The number of carbonyl (C=O) groups is 2. The quantitative estimate of drug-likeness (QED) is 0.248. The molecule has 0 spiro atoms. The van der Waals surface area contributed by atoms with Crippen molar-refractivity contribution in [1.82, 2.24) is 38.9 Å². The first-order chi connectivity index (χ1) is 25.2. The average Bonchev–Trinajstić information content (AvgIpc) is 3.74. The third-order valence-electron chi connectivity index (χ3n) is 9.47. The van der Waals surface area contributed by atoms with Gasteiger partial charge in [-0.15, -0.1) is 5.10 Å². The number of alkyl halides is 3. The second-order valence-corrected chi connectivity index (χ2v) is 13.4. The van der Waals surface area contributed by atoms with Gasteiger partial charge in [0.15, 0.2) is 17.3 Å². The smallest absolute Gasteiger partial charge is 0.416 e. The van der Waals surface area contributed by atoms with E-state index in [1.54, 1.807) is 11.5 Å². The number of halogens is 4. The van der Waals surface area contributed by atoms with Crippen molar-refractivity contribution < 1.29 is 27.9 Å². The molecule has 2 aliphatic heterocycles. The van der Waals surface area contributed by atoms with Gasteiger partial charge in [0.05, 0.1) is 27.7 Å². The molecule has 7 rings (SSSR count). The number of piperazine rings is 1. The van der Waals surface area contributed by atoms with E-state index in [4.69, 9.17) is 16.6 Å². The van der Waals surface area contributed by atoms with E-state index >= 15 is 0 Å². The Morgan fingerprint density at radius 1 is 1.02 bits per heavy atom. The van der Waals surface area contributed by atoms with Crippen LogP contribution in [0.4, 0.5) is 24.5 Å². The molecule has 2 N–H and O–H groups in total. The molecule has 53 heavy (non-hydrogen) atoms. The highest BCUT2D eigenvalue weighted by atomic mass is 35.5. The maximum Gasteiger partial charge on any atom is 0.416 e. The Hall–Kier alpha value is -5.55. The molecule has 0 saturated carbocycles. The molecule has 2 aliphatic rings. The van der Waals surface area contributed by atoms with Gasteiger partial charge in [-0.25, -0.2) is 9.97 Å². The Kier molecular flexibility index (Phi) is 9.32. The maximum atomic E-state index is 14.3. The van der Waals surface area contributed by atoms with Crippen LogP contribution in [0.1, 0.15) is 45.5 Å². The molecule has 0 unspecified atom stereocenters. The van der Waals surface area contributed by atoms with Gasteiger partial charge in [0.1, 0.15) is 18.6 Å². The molecule has 276 valence electrons. The highest BCUT2D eigenvalue weighted by Crippen LogP contribution is 2.34. The van der Waals surface area contributed by atoms with Gasteiger partial charge in [-0.1, -0.05) is 30.7 Å². The van der Waals surface area contributed by atoms with E-state index in [2.05, 4.69) is 25.3 Å². The molecular formula is C35H34ClF3N10O4. The number of aromatic nitrogens is 6. The number of nitrogens with one attached hydrogen (secondary N) is 1. The lowest BCUT2D eigenvalue weighted by molar-refractivity contribution is -0.137. The molecule has 0 radical (unpaired) electrons. The molecule has 0 aliphatic carbocycles. The van der Waals surface area contributed by atoms with Crippen molar-refractivity contribution in [3.05, 3.63) is 91.9 Å². The molecular weight excluding hydrogens is 717 g/mol. The Labute approximate surface area is 305 Å².